The van der Waals surface area contributed by atoms with Crippen LogP contribution in [-0.4, -0.2) is 42.0 Å². The molecule has 0 bridgehead atoms. The van der Waals surface area contributed by atoms with Gasteiger partial charge < -0.3 is 10.1 Å². The molecule has 0 radical (unpaired) electrons. The van der Waals surface area contributed by atoms with Crippen LogP contribution in [0.3, 0.4) is 0 Å². The first-order valence-electron chi connectivity index (χ1n) is 8.66. The van der Waals surface area contributed by atoms with Crippen molar-refractivity contribution in [3.8, 4) is 0 Å². The number of amides is 1. The fraction of sp³-hybridized carbons (Fsp3) is 0.250. The first-order chi connectivity index (χ1) is 13.1. The van der Waals surface area contributed by atoms with Crippen molar-refractivity contribution >= 4 is 39.1 Å². The molecule has 0 unspecified atom stereocenters. The number of ether oxygens (including phenoxy) is 1. The highest BCUT2D eigenvalue weighted by Crippen LogP contribution is 2.22. The number of carbonyl (C=O) groups excluding carboxylic acids is 2. The van der Waals surface area contributed by atoms with Gasteiger partial charge in [-0.25, -0.2) is 9.78 Å². The van der Waals surface area contributed by atoms with Gasteiger partial charge in [-0.2, -0.15) is 0 Å². The Balaban J connectivity index is 1.61. The molecule has 6 nitrogen and oxygen atoms in total. The van der Waals surface area contributed by atoms with E-state index >= 15 is 0 Å². The van der Waals surface area contributed by atoms with E-state index in [1.165, 1.54) is 0 Å². The lowest BCUT2D eigenvalue weighted by atomic mass is 10.2. The summed E-state index contributed by atoms with van der Waals surface area (Å²) in [5, 5.41) is 3.75. The third kappa shape index (κ3) is 4.90. The van der Waals surface area contributed by atoms with Gasteiger partial charge in [-0.15, -0.1) is 11.3 Å². The average molecular weight is 383 g/mol. The Morgan fingerprint density at radius 1 is 1.15 bits per heavy atom. The van der Waals surface area contributed by atoms with E-state index in [0.29, 0.717) is 17.8 Å². The minimum absolute atomic E-state index is 0.188. The monoisotopic (exact) mass is 383 g/mol. The third-order valence-corrected chi connectivity index (χ3v) is 4.87. The highest BCUT2D eigenvalue weighted by Gasteiger charge is 2.15. The highest BCUT2D eigenvalue weighted by molar-refractivity contribution is 7.18. The summed E-state index contributed by atoms with van der Waals surface area (Å²) in [7, 11) is 1.86. The molecule has 0 saturated heterocycles. The lowest BCUT2D eigenvalue weighted by Gasteiger charge is -2.16. The third-order valence-electron chi connectivity index (χ3n) is 3.85. The number of thiazole rings is 1. The largest absolute Gasteiger partial charge is 0.462 e. The molecule has 2 aromatic carbocycles. The minimum Gasteiger partial charge on any atom is -0.462 e. The number of carbonyl (C=O) groups is 2. The van der Waals surface area contributed by atoms with Crippen LogP contribution in [0.25, 0.3) is 10.2 Å². The smallest absolute Gasteiger partial charge is 0.340 e. The molecule has 1 aromatic heterocycles. The molecule has 7 heteroatoms. The van der Waals surface area contributed by atoms with Gasteiger partial charge in [0.1, 0.15) is 5.01 Å². The fourth-order valence-corrected chi connectivity index (χ4v) is 3.74. The Hall–Kier alpha value is -2.77. The number of fused-ring (bicyclic) bond motifs is 1. The quantitative estimate of drug-likeness (QED) is 0.632. The molecule has 0 aliphatic carbocycles. The minimum atomic E-state index is -0.448. The van der Waals surface area contributed by atoms with E-state index in [9.17, 15) is 9.59 Å². The van der Waals surface area contributed by atoms with Gasteiger partial charge in [0.15, 0.2) is 0 Å². The molecule has 0 spiro atoms. The van der Waals surface area contributed by atoms with Crippen LogP contribution >= 0.6 is 11.3 Å². The SMILES string of the molecule is CCOC(=O)c1ccccc1NC(=O)CN(C)Cc1nc2ccccc2s1. The standard InChI is InChI=1S/C20H21N3O3S/c1-3-26-20(25)14-8-4-5-9-15(14)21-18(24)12-23(2)13-19-22-16-10-6-7-11-17(16)27-19/h4-11H,3,12-13H2,1-2H3,(H,21,24). The van der Waals surface area contributed by atoms with Crippen molar-refractivity contribution in [1.82, 2.24) is 9.88 Å². The normalized spacial score (nSPS) is 10.9. The predicted molar refractivity (Wildman–Crippen MR) is 107 cm³/mol. The lowest BCUT2D eigenvalue weighted by molar-refractivity contribution is -0.117. The Bertz CT molecular complexity index is 921. The molecule has 1 amide bonds. The Labute approximate surface area is 161 Å². The zero-order valence-corrected chi connectivity index (χ0v) is 16.1. The summed E-state index contributed by atoms with van der Waals surface area (Å²) in [4.78, 5) is 30.9. The summed E-state index contributed by atoms with van der Waals surface area (Å²) < 4.78 is 6.16. The molecule has 0 aliphatic rings. The summed E-state index contributed by atoms with van der Waals surface area (Å²) >= 11 is 1.62. The molecule has 3 rings (SSSR count). The number of nitrogens with one attached hydrogen (secondary N) is 1. The van der Waals surface area contributed by atoms with Crippen molar-refractivity contribution in [3.05, 3.63) is 59.1 Å². The topological polar surface area (TPSA) is 71.5 Å². The van der Waals surface area contributed by atoms with Gasteiger partial charge in [0.05, 0.1) is 41.2 Å². The zero-order valence-electron chi connectivity index (χ0n) is 15.3. The average Bonchev–Trinajstić information content (AvgIpc) is 3.04. The van der Waals surface area contributed by atoms with E-state index in [0.717, 1.165) is 15.2 Å². The number of rotatable bonds is 7. The van der Waals surface area contributed by atoms with Crippen molar-refractivity contribution in [2.24, 2.45) is 0 Å². The van der Waals surface area contributed by atoms with Crippen molar-refractivity contribution in [2.75, 3.05) is 25.5 Å². The maximum Gasteiger partial charge on any atom is 0.340 e. The molecular weight excluding hydrogens is 362 g/mol. The summed E-state index contributed by atoms with van der Waals surface area (Å²) in [6.45, 7) is 2.79. The van der Waals surface area contributed by atoms with E-state index in [-0.39, 0.29) is 19.1 Å². The van der Waals surface area contributed by atoms with E-state index in [1.807, 2.05) is 36.2 Å². The first-order valence-corrected chi connectivity index (χ1v) is 9.47. The van der Waals surface area contributed by atoms with Gasteiger partial charge in [0, 0.05) is 0 Å². The second kappa shape index (κ2) is 8.75. The second-order valence-corrected chi connectivity index (χ2v) is 7.18. The Morgan fingerprint density at radius 3 is 2.67 bits per heavy atom. The lowest BCUT2D eigenvalue weighted by Crippen LogP contribution is -2.30. The number of nitrogens with zero attached hydrogens (tertiary/aromatic N) is 2. The number of anilines is 1. The van der Waals surface area contributed by atoms with E-state index in [1.54, 1.807) is 42.5 Å². The van der Waals surface area contributed by atoms with Crippen LogP contribution in [0.5, 0.6) is 0 Å². The van der Waals surface area contributed by atoms with Gasteiger partial charge in [-0.1, -0.05) is 24.3 Å². The molecule has 0 saturated carbocycles. The van der Waals surface area contributed by atoms with Gasteiger partial charge in [-0.05, 0) is 38.2 Å². The number of likely N-dealkylation sites (N-methyl/N-ethyl adjacent to an activating group) is 1. The summed E-state index contributed by atoms with van der Waals surface area (Å²) in [5.41, 5.74) is 1.77. The van der Waals surface area contributed by atoms with Crippen molar-refractivity contribution in [2.45, 2.75) is 13.5 Å². The summed E-state index contributed by atoms with van der Waals surface area (Å²) in [6.07, 6.45) is 0. The molecule has 3 aromatic rings. The van der Waals surface area contributed by atoms with Crippen LogP contribution in [0, 0.1) is 0 Å². The highest BCUT2D eigenvalue weighted by atomic mass is 32.1. The van der Waals surface area contributed by atoms with Crippen LogP contribution < -0.4 is 5.32 Å². The van der Waals surface area contributed by atoms with Crippen LogP contribution in [0.15, 0.2) is 48.5 Å². The summed E-state index contributed by atoms with van der Waals surface area (Å²) in [5.74, 6) is -0.647. The maximum absolute atomic E-state index is 12.4. The van der Waals surface area contributed by atoms with E-state index in [2.05, 4.69) is 10.3 Å². The number of para-hydroxylation sites is 2. The van der Waals surface area contributed by atoms with E-state index < -0.39 is 5.97 Å². The van der Waals surface area contributed by atoms with Crippen molar-refractivity contribution in [1.29, 1.82) is 0 Å². The number of benzene rings is 2. The van der Waals surface area contributed by atoms with Crippen molar-refractivity contribution in [3.63, 3.8) is 0 Å². The van der Waals surface area contributed by atoms with Gasteiger partial charge in [-0.3, -0.25) is 9.69 Å². The molecule has 140 valence electrons. The zero-order chi connectivity index (χ0) is 19.2. The predicted octanol–water partition coefficient (Wildman–Crippen LogP) is 3.54. The molecule has 27 heavy (non-hydrogen) atoms. The Morgan fingerprint density at radius 2 is 1.89 bits per heavy atom. The molecule has 1 heterocycles. The molecule has 0 aliphatic heterocycles. The number of esters is 1. The van der Waals surface area contributed by atoms with Crippen LogP contribution in [-0.2, 0) is 16.1 Å². The van der Waals surface area contributed by atoms with Crippen molar-refractivity contribution < 1.29 is 14.3 Å². The Kier molecular flexibility index (Phi) is 6.16. The van der Waals surface area contributed by atoms with E-state index in [4.69, 9.17) is 4.74 Å². The van der Waals surface area contributed by atoms with Crippen LogP contribution in [0.4, 0.5) is 5.69 Å². The van der Waals surface area contributed by atoms with Gasteiger partial charge in [0.2, 0.25) is 5.91 Å². The molecule has 0 atom stereocenters. The van der Waals surface area contributed by atoms with Gasteiger partial charge >= 0.3 is 5.97 Å². The van der Waals surface area contributed by atoms with Gasteiger partial charge in [0.25, 0.3) is 0 Å². The molecule has 1 N–H and O–H groups in total. The fourth-order valence-electron chi connectivity index (χ4n) is 2.69. The van der Waals surface area contributed by atoms with Crippen LogP contribution in [0.2, 0.25) is 0 Å². The summed E-state index contributed by atoms with van der Waals surface area (Å²) in [6, 6.07) is 14.8. The molecule has 0 fully saturated rings. The number of aromatic nitrogens is 1. The van der Waals surface area contributed by atoms with Crippen LogP contribution in [0.1, 0.15) is 22.3 Å². The second-order valence-electron chi connectivity index (χ2n) is 6.06. The maximum atomic E-state index is 12.4. The first kappa shape index (κ1) is 19.0. The molecular formula is C20H21N3O3S. The number of hydrogen-bond acceptors (Lipinski definition) is 6. The number of hydrogen-bond donors (Lipinski definition) is 1.